The maximum atomic E-state index is 13.1. The monoisotopic (exact) mass is 575 g/mol. The minimum Gasteiger partial charge on any atom is -0.379 e. The van der Waals surface area contributed by atoms with Gasteiger partial charge in [0.2, 0.25) is 11.8 Å². The summed E-state index contributed by atoms with van der Waals surface area (Å²) in [5.41, 5.74) is 5.70. The van der Waals surface area contributed by atoms with Crippen LogP contribution in [0.5, 0.6) is 0 Å². The molecule has 1 aromatic carbocycles. The Kier molecular flexibility index (Phi) is 16.5. The highest BCUT2D eigenvalue weighted by molar-refractivity contribution is 6.25. The van der Waals surface area contributed by atoms with Gasteiger partial charge in [0, 0.05) is 26.1 Å². The van der Waals surface area contributed by atoms with Gasteiger partial charge in [0.05, 0.1) is 43.2 Å². The normalized spacial score (nSPS) is 13.3. The zero-order valence-electron chi connectivity index (χ0n) is 24.2. The Morgan fingerprint density at radius 2 is 1.49 bits per heavy atom. The van der Waals surface area contributed by atoms with Crippen molar-refractivity contribution in [2.75, 3.05) is 45.0 Å². The van der Waals surface area contributed by atoms with Crippen molar-refractivity contribution in [2.45, 2.75) is 83.6 Å². The van der Waals surface area contributed by atoms with E-state index in [9.17, 15) is 24.0 Å². The number of primary amides is 1. The van der Waals surface area contributed by atoms with Crippen molar-refractivity contribution >= 4 is 35.6 Å². The summed E-state index contributed by atoms with van der Waals surface area (Å²) in [5, 5.41) is 2.71. The molecule has 1 atom stereocenters. The number of aldehydes is 1. The summed E-state index contributed by atoms with van der Waals surface area (Å²) in [4.78, 5) is 61.9. The molecule has 1 aliphatic rings. The Bertz CT molecular complexity index is 1000. The molecule has 4 amide bonds. The number of carbonyl (C=O) groups is 5. The molecule has 0 aromatic heterocycles. The maximum Gasteiger partial charge on any atom is 0.264 e. The molecular weight excluding hydrogens is 530 g/mol. The molecule has 1 unspecified atom stereocenters. The molecule has 0 bridgehead atoms. The predicted octanol–water partition coefficient (Wildman–Crippen LogP) is 3.63. The van der Waals surface area contributed by atoms with Crippen LogP contribution in [0, 0.1) is 0 Å². The largest absolute Gasteiger partial charge is 0.379 e. The number of benzene rings is 1. The fourth-order valence-corrected chi connectivity index (χ4v) is 4.54. The average Bonchev–Trinajstić information content (AvgIpc) is 3.20. The minimum absolute atomic E-state index is 0.0211. The number of carbonyl (C=O) groups excluding carboxylic acids is 5. The van der Waals surface area contributed by atoms with Crippen molar-refractivity contribution in [2.24, 2.45) is 5.73 Å². The first-order valence-corrected chi connectivity index (χ1v) is 14.7. The first kappa shape index (κ1) is 34.1. The molecule has 41 heavy (non-hydrogen) atoms. The number of anilines is 1. The summed E-state index contributed by atoms with van der Waals surface area (Å²) in [6.07, 6.45) is 9.07. The number of ether oxygens (including phenoxy) is 3. The molecule has 1 heterocycles. The summed E-state index contributed by atoms with van der Waals surface area (Å²) in [5.74, 6) is -2.57. The van der Waals surface area contributed by atoms with Crippen molar-refractivity contribution in [3.8, 4) is 0 Å². The van der Waals surface area contributed by atoms with Crippen LogP contribution in [-0.4, -0.2) is 80.5 Å². The molecule has 2 rings (SSSR count). The Hall–Kier alpha value is -3.15. The number of hydrogen-bond acceptors (Lipinski definition) is 8. The summed E-state index contributed by atoms with van der Waals surface area (Å²) in [7, 11) is 0. The van der Waals surface area contributed by atoms with Crippen LogP contribution in [0.25, 0.3) is 0 Å². The van der Waals surface area contributed by atoms with Gasteiger partial charge in [-0.05, 0) is 37.8 Å². The van der Waals surface area contributed by atoms with E-state index in [1.54, 1.807) is 6.07 Å². The first-order chi connectivity index (χ1) is 19.9. The molecule has 1 aliphatic heterocycles. The highest BCUT2D eigenvalue weighted by atomic mass is 16.5. The van der Waals surface area contributed by atoms with Crippen LogP contribution < -0.4 is 11.1 Å². The molecule has 228 valence electrons. The van der Waals surface area contributed by atoms with E-state index in [0.717, 1.165) is 30.8 Å². The lowest BCUT2D eigenvalue weighted by Gasteiger charge is -2.22. The molecule has 0 spiro atoms. The van der Waals surface area contributed by atoms with E-state index in [4.69, 9.17) is 19.9 Å². The van der Waals surface area contributed by atoms with Gasteiger partial charge >= 0.3 is 0 Å². The van der Waals surface area contributed by atoms with Crippen LogP contribution in [-0.2, 0) is 28.6 Å². The van der Waals surface area contributed by atoms with Crippen LogP contribution in [0.1, 0.15) is 98.3 Å². The van der Waals surface area contributed by atoms with Gasteiger partial charge in [0.15, 0.2) is 0 Å². The summed E-state index contributed by atoms with van der Waals surface area (Å²) < 4.78 is 16.6. The highest BCUT2D eigenvalue weighted by Gasteiger charge is 2.43. The van der Waals surface area contributed by atoms with Crippen molar-refractivity contribution in [3.05, 3.63) is 29.3 Å². The first-order valence-electron chi connectivity index (χ1n) is 14.7. The number of amides is 4. The smallest absolute Gasteiger partial charge is 0.264 e. The molecule has 0 radical (unpaired) electrons. The van der Waals surface area contributed by atoms with Crippen molar-refractivity contribution < 1.29 is 38.2 Å². The third-order valence-electron chi connectivity index (χ3n) is 6.75. The summed E-state index contributed by atoms with van der Waals surface area (Å²) >= 11 is 0. The van der Waals surface area contributed by atoms with Crippen LogP contribution in [0.3, 0.4) is 0 Å². The molecule has 11 heteroatoms. The van der Waals surface area contributed by atoms with E-state index in [-0.39, 0.29) is 42.0 Å². The summed E-state index contributed by atoms with van der Waals surface area (Å²) in [6, 6.07) is 3.30. The van der Waals surface area contributed by atoms with E-state index >= 15 is 0 Å². The molecule has 0 fully saturated rings. The lowest BCUT2D eigenvalue weighted by Crippen LogP contribution is -2.47. The number of imide groups is 1. The fraction of sp³-hybridized carbons (Fsp3) is 0.633. The Labute approximate surface area is 242 Å². The van der Waals surface area contributed by atoms with Crippen LogP contribution in [0.2, 0.25) is 0 Å². The number of fused-ring (bicyclic) bond motifs is 1. The second-order valence-electron chi connectivity index (χ2n) is 9.98. The van der Waals surface area contributed by atoms with E-state index in [1.807, 2.05) is 0 Å². The third kappa shape index (κ3) is 11.7. The Morgan fingerprint density at radius 3 is 2.10 bits per heavy atom. The number of unbranched alkanes of at least 4 members (excludes halogenated alkanes) is 6. The molecule has 0 aliphatic carbocycles. The third-order valence-corrected chi connectivity index (χ3v) is 6.75. The quantitative estimate of drug-likeness (QED) is 0.108. The number of nitrogens with two attached hydrogens (primary N) is 1. The van der Waals surface area contributed by atoms with E-state index < -0.39 is 23.8 Å². The van der Waals surface area contributed by atoms with E-state index in [2.05, 4.69) is 12.2 Å². The summed E-state index contributed by atoms with van der Waals surface area (Å²) in [6.45, 7) is 5.73. The van der Waals surface area contributed by atoms with E-state index in [1.165, 1.54) is 37.8 Å². The van der Waals surface area contributed by atoms with Crippen molar-refractivity contribution in [3.63, 3.8) is 0 Å². The highest BCUT2D eigenvalue weighted by Crippen LogP contribution is 2.31. The van der Waals surface area contributed by atoms with Crippen LogP contribution in [0.4, 0.5) is 5.69 Å². The maximum absolute atomic E-state index is 13.1. The second-order valence-corrected chi connectivity index (χ2v) is 9.98. The Balaban J connectivity index is 1.61. The van der Waals surface area contributed by atoms with Gasteiger partial charge in [-0.2, -0.15) is 0 Å². The molecule has 1 aromatic rings. The van der Waals surface area contributed by atoms with Crippen molar-refractivity contribution in [1.29, 1.82) is 0 Å². The average molecular weight is 576 g/mol. The predicted molar refractivity (Wildman–Crippen MR) is 154 cm³/mol. The minimum atomic E-state index is -1.24. The molecular formula is C30H45N3O8. The molecule has 11 nitrogen and oxygen atoms in total. The SMILES string of the molecule is CCCCCCCOCCOCCOCCCCCC(=O)Nc1cccc2c1C(=O)N(C(CCC=O)C(N)=O)C2=O. The topological polar surface area (TPSA) is 154 Å². The van der Waals surface area contributed by atoms with Gasteiger partial charge in [-0.15, -0.1) is 0 Å². The van der Waals surface area contributed by atoms with Gasteiger partial charge < -0.3 is 30.1 Å². The zero-order valence-corrected chi connectivity index (χ0v) is 24.2. The molecule has 0 saturated heterocycles. The van der Waals surface area contributed by atoms with Gasteiger partial charge in [-0.25, -0.2) is 0 Å². The number of nitrogens with zero attached hydrogens (tertiary/aromatic N) is 1. The Morgan fingerprint density at radius 1 is 0.878 bits per heavy atom. The van der Waals surface area contributed by atoms with Gasteiger partial charge in [0.1, 0.15) is 12.3 Å². The van der Waals surface area contributed by atoms with Gasteiger partial charge in [0.25, 0.3) is 11.8 Å². The lowest BCUT2D eigenvalue weighted by atomic mass is 10.1. The van der Waals surface area contributed by atoms with Crippen LogP contribution >= 0.6 is 0 Å². The van der Waals surface area contributed by atoms with Crippen molar-refractivity contribution in [1.82, 2.24) is 4.90 Å². The van der Waals surface area contributed by atoms with Gasteiger partial charge in [-0.1, -0.05) is 45.1 Å². The number of hydrogen-bond donors (Lipinski definition) is 2. The molecule has 3 N–H and O–H groups in total. The lowest BCUT2D eigenvalue weighted by molar-refractivity contribution is -0.122. The zero-order chi connectivity index (χ0) is 29.9. The molecule has 0 saturated carbocycles. The fourth-order valence-electron chi connectivity index (χ4n) is 4.54. The van der Waals surface area contributed by atoms with Gasteiger partial charge in [-0.3, -0.25) is 24.1 Å². The van der Waals surface area contributed by atoms with E-state index in [0.29, 0.717) is 45.7 Å². The standard InChI is InChI=1S/C30H45N3O8/c1-2-3-4-5-8-17-39-19-21-41-22-20-40-18-9-6-7-15-26(35)32-24-13-10-12-23-27(24)30(38)33(29(23)37)25(28(31)36)14-11-16-34/h10,12-13,16,25H,2-9,11,14-15,17-22H2,1H3,(H2,31,36)(H,32,35). The van der Waals surface area contributed by atoms with Crippen LogP contribution in [0.15, 0.2) is 18.2 Å². The number of rotatable bonds is 24. The second kappa shape index (κ2) is 19.8. The number of nitrogens with one attached hydrogen (secondary N) is 1.